The van der Waals surface area contributed by atoms with Crippen molar-refractivity contribution in [3.63, 3.8) is 0 Å². The highest BCUT2D eigenvalue weighted by Crippen LogP contribution is 2.23. The minimum Gasteiger partial charge on any atom is -0.353 e. The normalized spacial score (nSPS) is 13.4. The van der Waals surface area contributed by atoms with Gasteiger partial charge in [-0.15, -0.1) is 0 Å². The molecule has 6 heteroatoms. The fraction of sp³-hybridized carbons (Fsp3) is 0.913. The summed E-state index contributed by atoms with van der Waals surface area (Å²) in [6.07, 6.45) is 6.66. The molecule has 0 radical (unpaired) electrons. The van der Waals surface area contributed by atoms with Crippen LogP contribution in [0.25, 0.3) is 0 Å². The Hall–Kier alpha value is -1.14. The van der Waals surface area contributed by atoms with Crippen LogP contribution in [-0.4, -0.2) is 67.8 Å². The van der Waals surface area contributed by atoms with E-state index in [1.54, 1.807) is 23.9 Å². The minimum atomic E-state index is -0.821. The van der Waals surface area contributed by atoms with Gasteiger partial charge in [-0.3, -0.25) is 9.59 Å². The van der Waals surface area contributed by atoms with Crippen LogP contribution in [0, 0.1) is 5.92 Å². The van der Waals surface area contributed by atoms with Crippen LogP contribution in [0.3, 0.4) is 0 Å². The van der Waals surface area contributed by atoms with Gasteiger partial charge in [-0.05, 0) is 33.1 Å². The van der Waals surface area contributed by atoms with E-state index in [1.807, 2.05) is 13.8 Å². The molecule has 0 saturated heterocycles. The highest BCUT2D eigenvalue weighted by Gasteiger charge is 2.39. The summed E-state index contributed by atoms with van der Waals surface area (Å²) in [6.45, 7) is 11.9. The highest BCUT2D eigenvalue weighted by molar-refractivity contribution is 6.00. The highest BCUT2D eigenvalue weighted by atomic mass is 16.7. The van der Waals surface area contributed by atoms with Crippen molar-refractivity contribution in [2.24, 2.45) is 5.92 Å². The van der Waals surface area contributed by atoms with Crippen LogP contribution in [0.4, 0.5) is 0 Å². The summed E-state index contributed by atoms with van der Waals surface area (Å²) in [5.74, 6) is -1.10. The van der Waals surface area contributed by atoms with Gasteiger partial charge in [0.2, 0.25) is 11.8 Å². The van der Waals surface area contributed by atoms with E-state index < -0.39 is 18.3 Å². The zero-order chi connectivity index (χ0) is 22.2. The van der Waals surface area contributed by atoms with Crippen molar-refractivity contribution in [3.8, 4) is 0 Å². The van der Waals surface area contributed by atoms with Crippen LogP contribution < -0.4 is 0 Å². The van der Waals surface area contributed by atoms with Crippen molar-refractivity contribution in [2.75, 3.05) is 33.8 Å². The smallest absolute Gasteiger partial charge is 0.237 e. The molecular formula is C23H46N2O4. The molecule has 0 fully saturated rings. The summed E-state index contributed by atoms with van der Waals surface area (Å²) >= 11 is 0. The van der Waals surface area contributed by atoms with E-state index in [4.69, 9.17) is 9.47 Å². The lowest BCUT2D eigenvalue weighted by Gasteiger charge is -2.33. The fourth-order valence-electron chi connectivity index (χ4n) is 3.34. The maximum Gasteiger partial charge on any atom is 0.237 e. The number of carbonyl (C=O) groups excluding carboxylic acids is 2. The Morgan fingerprint density at radius 3 is 1.69 bits per heavy atom. The Morgan fingerprint density at radius 2 is 1.28 bits per heavy atom. The number of rotatable bonds is 17. The van der Waals surface area contributed by atoms with E-state index >= 15 is 0 Å². The third-order valence-electron chi connectivity index (χ3n) is 5.21. The summed E-state index contributed by atoms with van der Waals surface area (Å²) in [4.78, 5) is 30.1. The van der Waals surface area contributed by atoms with Crippen molar-refractivity contribution in [1.29, 1.82) is 0 Å². The number of hydrogen-bond acceptors (Lipinski definition) is 4. The van der Waals surface area contributed by atoms with Gasteiger partial charge >= 0.3 is 0 Å². The van der Waals surface area contributed by atoms with E-state index in [9.17, 15) is 9.59 Å². The maximum atomic E-state index is 13.3. The van der Waals surface area contributed by atoms with E-state index in [2.05, 4.69) is 20.8 Å². The number of ether oxygens (including phenoxy) is 2. The number of nitrogens with zero attached hydrogens (tertiary/aromatic N) is 2. The van der Waals surface area contributed by atoms with E-state index in [0.717, 1.165) is 44.9 Å². The van der Waals surface area contributed by atoms with Gasteiger partial charge in [0.15, 0.2) is 6.29 Å². The number of hydrogen-bond donors (Lipinski definition) is 0. The largest absolute Gasteiger partial charge is 0.353 e. The molecule has 0 spiro atoms. The van der Waals surface area contributed by atoms with E-state index in [1.165, 1.54) is 0 Å². The van der Waals surface area contributed by atoms with Crippen LogP contribution in [0.5, 0.6) is 0 Å². The predicted molar refractivity (Wildman–Crippen MR) is 119 cm³/mol. The first kappa shape index (κ1) is 27.9. The van der Waals surface area contributed by atoms with Gasteiger partial charge in [-0.1, -0.05) is 52.9 Å². The Labute approximate surface area is 179 Å². The molecule has 2 atom stereocenters. The Morgan fingerprint density at radius 1 is 0.793 bits per heavy atom. The van der Waals surface area contributed by atoms with Crippen LogP contribution in [-0.2, 0) is 19.1 Å². The monoisotopic (exact) mass is 414 g/mol. The standard InChI is InChI=1S/C23H46N2O4/c1-8-12-15-16-20(29-19(5)28-11-4)21(22(26)24(6)17-13-9-2)23(27)25(7)18-14-10-3/h19-21H,8-18H2,1-7H3. The molecule has 0 aromatic heterocycles. The molecule has 2 amide bonds. The summed E-state index contributed by atoms with van der Waals surface area (Å²) in [5, 5.41) is 0. The average Bonchev–Trinajstić information content (AvgIpc) is 2.70. The van der Waals surface area contributed by atoms with Crippen molar-refractivity contribution in [3.05, 3.63) is 0 Å². The molecule has 0 heterocycles. The third kappa shape index (κ3) is 11.0. The zero-order valence-corrected chi connectivity index (χ0v) is 20.0. The molecule has 29 heavy (non-hydrogen) atoms. The first-order valence-electron chi connectivity index (χ1n) is 11.6. The summed E-state index contributed by atoms with van der Waals surface area (Å²) in [6, 6.07) is 0. The van der Waals surface area contributed by atoms with Gasteiger partial charge in [0.05, 0.1) is 6.10 Å². The lowest BCUT2D eigenvalue weighted by atomic mass is 9.93. The zero-order valence-electron chi connectivity index (χ0n) is 20.0. The SMILES string of the molecule is CCCCCC(OC(C)OCC)C(C(=O)N(C)CCCC)C(=O)N(C)CCCC. The summed E-state index contributed by atoms with van der Waals surface area (Å²) < 4.78 is 11.7. The van der Waals surface area contributed by atoms with Gasteiger partial charge in [0.25, 0.3) is 0 Å². The van der Waals surface area contributed by atoms with Crippen molar-refractivity contribution < 1.29 is 19.1 Å². The number of carbonyl (C=O) groups is 2. The Kier molecular flexibility index (Phi) is 16.0. The molecule has 0 aliphatic rings. The molecule has 6 nitrogen and oxygen atoms in total. The minimum absolute atomic E-state index is 0.142. The predicted octanol–water partition coefficient (Wildman–Crippen LogP) is 4.47. The van der Waals surface area contributed by atoms with Crippen LogP contribution in [0.15, 0.2) is 0 Å². The second-order valence-electron chi connectivity index (χ2n) is 7.90. The molecular weight excluding hydrogens is 368 g/mol. The lowest BCUT2D eigenvalue weighted by Crippen LogP contribution is -2.50. The van der Waals surface area contributed by atoms with Crippen LogP contribution >= 0.6 is 0 Å². The molecule has 172 valence electrons. The van der Waals surface area contributed by atoms with Crippen molar-refractivity contribution >= 4 is 11.8 Å². The van der Waals surface area contributed by atoms with E-state index in [0.29, 0.717) is 26.1 Å². The second kappa shape index (κ2) is 16.6. The Balaban J connectivity index is 5.65. The van der Waals surface area contributed by atoms with Gasteiger partial charge in [-0.25, -0.2) is 0 Å². The molecule has 0 rings (SSSR count). The molecule has 0 N–H and O–H groups in total. The summed E-state index contributed by atoms with van der Waals surface area (Å²) in [7, 11) is 3.58. The van der Waals surface area contributed by atoms with Gasteiger partial charge in [-0.2, -0.15) is 0 Å². The van der Waals surface area contributed by atoms with Gasteiger partial charge < -0.3 is 19.3 Å². The third-order valence-corrected chi connectivity index (χ3v) is 5.21. The molecule has 0 aliphatic carbocycles. The first-order chi connectivity index (χ1) is 13.8. The van der Waals surface area contributed by atoms with E-state index in [-0.39, 0.29) is 11.8 Å². The van der Waals surface area contributed by atoms with Gasteiger partial charge in [0, 0.05) is 33.8 Å². The number of amides is 2. The fourth-order valence-corrected chi connectivity index (χ4v) is 3.34. The second-order valence-corrected chi connectivity index (χ2v) is 7.90. The van der Waals surface area contributed by atoms with Crippen molar-refractivity contribution in [1.82, 2.24) is 9.80 Å². The number of unbranched alkanes of at least 4 members (excludes halogenated alkanes) is 4. The molecule has 0 aliphatic heterocycles. The van der Waals surface area contributed by atoms with Crippen molar-refractivity contribution in [2.45, 2.75) is 98.4 Å². The Bertz CT molecular complexity index is 419. The molecule has 2 unspecified atom stereocenters. The van der Waals surface area contributed by atoms with Crippen LogP contribution in [0.2, 0.25) is 0 Å². The molecule has 0 aromatic rings. The maximum absolute atomic E-state index is 13.3. The van der Waals surface area contributed by atoms with Gasteiger partial charge in [0.1, 0.15) is 5.92 Å². The topological polar surface area (TPSA) is 59.1 Å². The lowest BCUT2D eigenvalue weighted by molar-refractivity contribution is -0.184. The molecule has 0 aromatic carbocycles. The summed E-state index contributed by atoms with van der Waals surface area (Å²) in [5.41, 5.74) is 0. The quantitative estimate of drug-likeness (QED) is 0.200. The molecule has 0 saturated carbocycles. The molecule has 0 bridgehead atoms. The van der Waals surface area contributed by atoms with Crippen LogP contribution in [0.1, 0.15) is 86.0 Å². The first-order valence-corrected chi connectivity index (χ1v) is 11.6. The average molecular weight is 415 g/mol.